The van der Waals surface area contributed by atoms with Crippen molar-refractivity contribution in [3.8, 4) is 0 Å². The van der Waals surface area contributed by atoms with E-state index in [1.54, 1.807) is 4.90 Å². The quantitative estimate of drug-likeness (QED) is 0.0650. The zero-order valence-corrected chi connectivity index (χ0v) is 29.5. The Morgan fingerprint density at radius 2 is 1.29 bits per heavy atom. The van der Waals surface area contributed by atoms with Gasteiger partial charge >= 0.3 is 12.1 Å². The number of hydrogen-bond donors (Lipinski definition) is 1. The second-order valence-corrected chi connectivity index (χ2v) is 13.3. The fraction of sp³-hybridized carbons (Fsp3) is 0.892. The largest absolute Gasteiger partial charge is 0.466 e. The van der Waals surface area contributed by atoms with E-state index in [1.165, 1.54) is 44.9 Å². The van der Waals surface area contributed by atoms with Gasteiger partial charge in [-0.2, -0.15) is 0 Å². The molecule has 0 aliphatic carbocycles. The SMILES string of the molecule is CCCCCCCCCC(=O)CC(CC(=O)NCC1CCN1C(=O)OCC(CCC)CCC)CC(=O)OCCCCCCCC. The molecule has 1 aliphatic rings. The van der Waals surface area contributed by atoms with Gasteiger partial charge in [0.05, 0.1) is 19.3 Å². The first-order chi connectivity index (χ1) is 21.8. The Morgan fingerprint density at radius 1 is 0.689 bits per heavy atom. The summed E-state index contributed by atoms with van der Waals surface area (Å²) < 4.78 is 11.1. The van der Waals surface area contributed by atoms with Crippen molar-refractivity contribution < 1.29 is 28.7 Å². The topological polar surface area (TPSA) is 102 Å². The minimum absolute atomic E-state index is 0.0740. The van der Waals surface area contributed by atoms with E-state index in [2.05, 4.69) is 33.0 Å². The molecule has 1 N–H and O–H groups in total. The molecule has 1 aliphatic heterocycles. The molecule has 1 saturated heterocycles. The number of unbranched alkanes of at least 4 members (excludes halogenated alkanes) is 11. The number of nitrogens with zero attached hydrogens (tertiary/aromatic N) is 1. The van der Waals surface area contributed by atoms with Crippen LogP contribution in [-0.2, 0) is 23.9 Å². The highest BCUT2D eigenvalue weighted by Gasteiger charge is 2.34. The average molecular weight is 637 g/mol. The monoisotopic (exact) mass is 637 g/mol. The van der Waals surface area contributed by atoms with Gasteiger partial charge in [0.25, 0.3) is 0 Å². The van der Waals surface area contributed by atoms with Crippen molar-refractivity contribution in [2.75, 3.05) is 26.3 Å². The van der Waals surface area contributed by atoms with Crippen LogP contribution in [0, 0.1) is 11.8 Å². The zero-order chi connectivity index (χ0) is 33.1. The van der Waals surface area contributed by atoms with Crippen LogP contribution in [-0.4, -0.2) is 61.0 Å². The molecular weight excluding hydrogens is 568 g/mol. The number of ether oxygens (including phenoxy) is 2. The Balaban J connectivity index is 2.53. The molecule has 45 heavy (non-hydrogen) atoms. The first-order valence-electron chi connectivity index (χ1n) is 18.7. The van der Waals surface area contributed by atoms with Crippen LogP contribution in [0.1, 0.15) is 169 Å². The molecule has 0 saturated carbocycles. The Bertz CT molecular complexity index is 766. The number of ketones is 1. The minimum Gasteiger partial charge on any atom is -0.466 e. The highest BCUT2D eigenvalue weighted by atomic mass is 16.6. The van der Waals surface area contributed by atoms with E-state index in [-0.39, 0.29) is 55.0 Å². The molecule has 2 unspecified atom stereocenters. The third-order valence-electron chi connectivity index (χ3n) is 9.02. The molecule has 262 valence electrons. The summed E-state index contributed by atoms with van der Waals surface area (Å²) in [4.78, 5) is 52.8. The molecule has 2 atom stereocenters. The van der Waals surface area contributed by atoms with Crippen LogP contribution in [0.2, 0.25) is 0 Å². The van der Waals surface area contributed by atoms with Crippen LogP contribution in [0.25, 0.3) is 0 Å². The lowest BCUT2D eigenvalue weighted by atomic mass is 9.92. The fourth-order valence-electron chi connectivity index (χ4n) is 6.14. The van der Waals surface area contributed by atoms with Crippen molar-refractivity contribution in [2.24, 2.45) is 11.8 Å². The minimum atomic E-state index is -0.379. The maximum Gasteiger partial charge on any atom is 0.410 e. The van der Waals surface area contributed by atoms with Gasteiger partial charge in [-0.1, -0.05) is 111 Å². The third kappa shape index (κ3) is 20.6. The Hall–Kier alpha value is -2.12. The van der Waals surface area contributed by atoms with E-state index in [1.807, 2.05) is 0 Å². The third-order valence-corrected chi connectivity index (χ3v) is 9.02. The number of carbonyl (C=O) groups is 4. The first-order valence-corrected chi connectivity index (χ1v) is 18.7. The molecule has 0 aromatic rings. The highest BCUT2D eigenvalue weighted by molar-refractivity contribution is 5.82. The van der Waals surface area contributed by atoms with Gasteiger partial charge in [0.1, 0.15) is 5.78 Å². The number of amides is 2. The number of carbonyl (C=O) groups excluding carboxylic acids is 4. The molecule has 8 nitrogen and oxygen atoms in total. The average Bonchev–Trinajstić information content (AvgIpc) is 2.98. The van der Waals surface area contributed by atoms with Gasteiger partial charge < -0.3 is 19.7 Å². The molecule has 0 aromatic heterocycles. The summed E-state index contributed by atoms with van der Waals surface area (Å²) in [5, 5.41) is 2.95. The molecular formula is C37H68N2O6. The van der Waals surface area contributed by atoms with Gasteiger partial charge in [0.2, 0.25) is 5.91 Å². The number of hydrogen-bond acceptors (Lipinski definition) is 6. The summed E-state index contributed by atoms with van der Waals surface area (Å²) in [6.45, 7) is 10.5. The van der Waals surface area contributed by atoms with E-state index in [9.17, 15) is 19.2 Å². The van der Waals surface area contributed by atoms with Crippen molar-refractivity contribution in [1.29, 1.82) is 0 Å². The van der Waals surface area contributed by atoms with Gasteiger partial charge in [-0.25, -0.2) is 4.79 Å². The van der Waals surface area contributed by atoms with Gasteiger partial charge in [-0.3, -0.25) is 14.4 Å². The Kier molecular flexibility index (Phi) is 24.6. The lowest BCUT2D eigenvalue weighted by molar-refractivity contribution is -0.145. The molecule has 1 rings (SSSR count). The predicted molar refractivity (Wildman–Crippen MR) is 182 cm³/mol. The van der Waals surface area contributed by atoms with E-state index < -0.39 is 0 Å². The standard InChI is InChI=1S/C37H68N2O6/c1-5-9-11-13-15-16-18-22-34(40)26-32(28-36(42)44-25-19-17-14-12-10-6-2)27-35(41)38-29-33-23-24-39(33)37(43)45-30-31(20-7-3)21-8-4/h31-33H,5-30H2,1-4H3,(H,38,41). The van der Waals surface area contributed by atoms with Crippen LogP contribution in [0.5, 0.6) is 0 Å². The smallest absolute Gasteiger partial charge is 0.410 e. The van der Waals surface area contributed by atoms with E-state index in [0.717, 1.165) is 70.6 Å². The Morgan fingerprint density at radius 3 is 1.87 bits per heavy atom. The van der Waals surface area contributed by atoms with Crippen molar-refractivity contribution in [2.45, 2.75) is 175 Å². The maximum atomic E-state index is 13.0. The molecule has 1 heterocycles. The van der Waals surface area contributed by atoms with Crippen molar-refractivity contribution in [1.82, 2.24) is 10.2 Å². The van der Waals surface area contributed by atoms with E-state index in [4.69, 9.17) is 9.47 Å². The molecule has 1 fully saturated rings. The maximum absolute atomic E-state index is 13.0. The lowest BCUT2D eigenvalue weighted by Gasteiger charge is -2.40. The normalized spacial score (nSPS) is 15.0. The van der Waals surface area contributed by atoms with Crippen molar-refractivity contribution in [3.63, 3.8) is 0 Å². The summed E-state index contributed by atoms with van der Waals surface area (Å²) in [5.41, 5.74) is 0. The summed E-state index contributed by atoms with van der Waals surface area (Å²) in [6, 6.07) is -0.0862. The van der Waals surface area contributed by atoms with Gasteiger partial charge in [-0.05, 0) is 43.9 Å². The Labute approximate surface area is 275 Å². The van der Waals surface area contributed by atoms with Crippen LogP contribution in [0.3, 0.4) is 0 Å². The van der Waals surface area contributed by atoms with Crippen molar-refractivity contribution >= 4 is 23.8 Å². The van der Waals surface area contributed by atoms with E-state index >= 15 is 0 Å². The number of nitrogens with one attached hydrogen (secondary N) is 1. The number of likely N-dealkylation sites (tertiary alicyclic amines) is 1. The van der Waals surface area contributed by atoms with Crippen LogP contribution < -0.4 is 5.32 Å². The highest BCUT2D eigenvalue weighted by Crippen LogP contribution is 2.22. The molecule has 2 amide bonds. The van der Waals surface area contributed by atoms with Gasteiger partial charge in [-0.15, -0.1) is 0 Å². The number of rotatable bonds is 29. The van der Waals surface area contributed by atoms with Gasteiger partial charge in [0.15, 0.2) is 0 Å². The first kappa shape index (κ1) is 40.9. The fourth-order valence-corrected chi connectivity index (χ4v) is 6.14. The number of Topliss-reactive ketones (excluding diaryl/α,β-unsaturated/α-hetero) is 1. The van der Waals surface area contributed by atoms with E-state index in [0.29, 0.717) is 38.6 Å². The second kappa shape index (κ2) is 27.0. The predicted octanol–water partition coefficient (Wildman–Crippen LogP) is 8.93. The summed E-state index contributed by atoms with van der Waals surface area (Å²) in [6.07, 6.45) is 20.3. The zero-order valence-electron chi connectivity index (χ0n) is 29.5. The van der Waals surface area contributed by atoms with Crippen LogP contribution >= 0.6 is 0 Å². The molecule has 8 heteroatoms. The van der Waals surface area contributed by atoms with Crippen molar-refractivity contribution in [3.05, 3.63) is 0 Å². The molecule has 0 aromatic carbocycles. The second-order valence-electron chi connectivity index (χ2n) is 13.3. The summed E-state index contributed by atoms with van der Waals surface area (Å²) >= 11 is 0. The number of esters is 1. The molecule has 0 radical (unpaired) electrons. The van der Waals surface area contributed by atoms with Gasteiger partial charge in [0, 0.05) is 38.8 Å². The lowest BCUT2D eigenvalue weighted by Crippen LogP contribution is -2.56. The molecule has 0 bridgehead atoms. The molecule has 0 spiro atoms. The van der Waals surface area contributed by atoms with Crippen LogP contribution in [0.15, 0.2) is 0 Å². The summed E-state index contributed by atoms with van der Waals surface area (Å²) in [7, 11) is 0. The summed E-state index contributed by atoms with van der Waals surface area (Å²) in [5.74, 6) is -0.398. The van der Waals surface area contributed by atoms with Crippen LogP contribution in [0.4, 0.5) is 4.79 Å².